The van der Waals surface area contributed by atoms with Gasteiger partial charge in [-0.2, -0.15) is 0 Å². The van der Waals surface area contributed by atoms with Gasteiger partial charge >= 0.3 is 0 Å². The fraction of sp³-hybridized carbons (Fsp3) is 0.619. The molecule has 0 bridgehead atoms. The van der Waals surface area contributed by atoms with Gasteiger partial charge < -0.3 is 14.8 Å². The number of unbranched alkanes of at least 4 members (excludes halogenated alkanes) is 3. The van der Waals surface area contributed by atoms with E-state index in [0.717, 1.165) is 35.7 Å². The van der Waals surface area contributed by atoms with Gasteiger partial charge in [0.15, 0.2) is 5.13 Å². The Balaban J connectivity index is 1.58. The maximum absolute atomic E-state index is 12.1. The van der Waals surface area contributed by atoms with Gasteiger partial charge in [0, 0.05) is 18.3 Å². The molecule has 0 aromatic carbocycles. The summed E-state index contributed by atoms with van der Waals surface area (Å²) in [7, 11) is 0. The van der Waals surface area contributed by atoms with Crippen LogP contribution in [0.3, 0.4) is 0 Å². The second-order valence-electron chi connectivity index (χ2n) is 8.20. The topological polar surface area (TPSA) is 127 Å². The Morgan fingerprint density at radius 3 is 2.50 bits per heavy atom. The van der Waals surface area contributed by atoms with E-state index in [1.54, 1.807) is 24.2 Å². The number of rotatable bonds is 14. The summed E-state index contributed by atoms with van der Waals surface area (Å²) < 4.78 is 6.78. The van der Waals surface area contributed by atoms with E-state index in [1.165, 1.54) is 11.3 Å². The Morgan fingerprint density at radius 2 is 1.84 bits per heavy atom. The number of amides is 2. The lowest BCUT2D eigenvalue weighted by atomic mass is 9.94. The first-order valence-electron chi connectivity index (χ1n) is 10.6. The number of hydrogen-bond donors (Lipinski definition) is 3. The normalized spacial score (nSPS) is 11.5. The van der Waals surface area contributed by atoms with Gasteiger partial charge in [0.2, 0.25) is 17.7 Å². The Kier molecular flexibility index (Phi) is 11.1. The molecular weight excluding hydrogens is 452 g/mol. The van der Waals surface area contributed by atoms with Gasteiger partial charge in [-0.3, -0.25) is 14.4 Å². The Hall–Kier alpha value is -1.95. The molecule has 0 aliphatic carbocycles. The summed E-state index contributed by atoms with van der Waals surface area (Å²) in [5.74, 6) is 1.88. The zero-order valence-electron chi connectivity index (χ0n) is 18.8. The number of carbonyl (C=O) groups is 2. The molecule has 11 heteroatoms. The average molecular weight is 485 g/mol. The molecule has 178 valence electrons. The number of aliphatic hydroxyl groups excluding tert-OH is 1. The summed E-state index contributed by atoms with van der Waals surface area (Å²) in [6, 6.07) is 0. The lowest BCUT2D eigenvalue weighted by Gasteiger charge is -2.12. The summed E-state index contributed by atoms with van der Waals surface area (Å²) in [6.07, 6.45) is 7.50. The molecule has 2 heterocycles. The van der Waals surface area contributed by atoms with Crippen LogP contribution >= 0.6 is 23.1 Å². The van der Waals surface area contributed by atoms with Gasteiger partial charge in [0.05, 0.1) is 35.6 Å². The van der Waals surface area contributed by atoms with Crippen molar-refractivity contribution in [1.82, 2.24) is 15.4 Å². The molecule has 2 aromatic rings. The van der Waals surface area contributed by atoms with E-state index in [9.17, 15) is 9.59 Å². The van der Waals surface area contributed by atoms with Gasteiger partial charge in [-0.1, -0.05) is 44.9 Å². The highest BCUT2D eigenvalue weighted by Crippen LogP contribution is 2.31. The molecule has 0 saturated carbocycles. The van der Waals surface area contributed by atoms with Gasteiger partial charge in [-0.15, -0.1) is 11.8 Å². The molecule has 0 saturated heterocycles. The first-order valence-corrected chi connectivity index (χ1v) is 12.4. The van der Waals surface area contributed by atoms with Crippen molar-refractivity contribution in [2.45, 2.75) is 74.7 Å². The van der Waals surface area contributed by atoms with E-state index >= 15 is 0 Å². The molecule has 0 atom stereocenters. The van der Waals surface area contributed by atoms with E-state index in [2.05, 4.69) is 41.5 Å². The minimum absolute atomic E-state index is 0.0615. The van der Waals surface area contributed by atoms with E-state index < -0.39 is 0 Å². The van der Waals surface area contributed by atoms with E-state index in [0.29, 0.717) is 29.6 Å². The van der Waals surface area contributed by atoms with Crippen LogP contribution in [-0.4, -0.2) is 40.1 Å². The molecule has 0 unspecified atom stereocenters. The highest BCUT2D eigenvalue weighted by atomic mass is 32.2. The minimum atomic E-state index is -0.203. The van der Waals surface area contributed by atoms with E-state index in [-0.39, 0.29) is 30.4 Å². The van der Waals surface area contributed by atoms with Crippen LogP contribution in [0.5, 0.6) is 0 Å². The molecule has 9 nitrogen and oxygen atoms in total. The summed E-state index contributed by atoms with van der Waals surface area (Å²) in [6.45, 7) is 6.20. The smallest absolute Gasteiger partial charge is 0.243 e. The molecule has 0 aliphatic rings. The summed E-state index contributed by atoms with van der Waals surface area (Å²) in [4.78, 5) is 36.9. The van der Waals surface area contributed by atoms with Crippen LogP contribution in [0.15, 0.2) is 21.0 Å². The van der Waals surface area contributed by atoms with Crippen LogP contribution in [0.4, 0.5) is 5.13 Å². The van der Waals surface area contributed by atoms with Crippen molar-refractivity contribution in [2.75, 3.05) is 18.5 Å². The number of thioether (sulfide) groups is 1. The molecule has 0 spiro atoms. The Morgan fingerprint density at radius 1 is 1.12 bits per heavy atom. The maximum atomic E-state index is 12.1. The van der Waals surface area contributed by atoms with E-state index in [1.807, 2.05) is 0 Å². The molecular formula is C21H32N4O5S2. The Bertz CT molecular complexity index is 847. The van der Waals surface area contributed by atoms with Gasteiger partial charge in [0.25, 0.3) is 0 Å². The fourth-order valence-corrected chi connectivity index (χ4v) is 4.32. The SMILES string of the molecule is CC(C)(C)c1cnc(CSc2cnc(NC(=O)CCCCCCC(=O)NOCCO)s2)o1. The first kappa shape index (κ1) is 26.3. The second kappa shape index (κ2) is 13.6. The molecule has 32 heavy (non-hydrogen) atoms. The number of aliphatic hydroxyl groups is 1. The van der Waals surface area contributed by atoms with Crippen LogP contribution in [0.2, 0.25) is 0 Å². The van der Waals surface area contributed by atoms with E-state index in [4.69, 9.17) is 14.4 Å². The molecule has 0 radical (unpaired) electrons. The number of hydroxylamine groups is 1. The van der Waals surface area contributed by atoms with Crippen LogP contribution in [0.1, 0.15) is 70.9 Å². The van der Waals surface area contributed by atoms with Crippen LogP contribution in [0.25, 0.3) is 0 Å². The average Bonchev–Trinajstić information content (AvgIpc) is 3.38. The van der Waals surface area contributed by atoms with Gasteiger partial charge in [-0.25, -0.2) is 15.4 Å². The van der Waals surface area contributed by atoms with Crippen LogP contribution in [0, 0.1) is 0 Å². The van der Waals surface area contributed by atoms with Gasteiger partial charge in [-0.05, 0) is 12.8 Å². The number of hydrogen-bond acceptors (Lipinski definition) is 9. The summed E-state index contributed by atoms with van der Waals surface area (Å²) in [5.41, 5.74) is 2.20. The van der Waals surface area contributed by atoms with Gasteiger partial charge in [0.1, 0.15) is 5.76 Å². The zero-order chi connectivity index (χ0) is 23.4. The third-order valence-electron chi connectivity index (χ3n) is 4.30. The lowest BCUT2D eigenvalue weighted by Crippen LogP contribution is -2.24. The number of thiazole rings is 1. The molecule has 0 fully saturated rings. The molecule has 2 aromatic heterocycles. The Labute approximate surface area is 196 Å². The molecule has 3 N–H and O–H groups in total. The quantitative estimate of drug-likeness (QED) is 0.208. The van der Waals surface area contributed by atoms with Crippen molar-refractivity contribution in [3.8, 4) is 0 Å². The predicted octanol–water partition coefficient (Wildman–Crippen LogP) is 4.04. The molecule has 2 rings (SSSR count). The number of oxazole rings is 1. The summed E-state index contributed by atoms with van der Waals surface area (Å²) >= 11 is 3.01. The standard InChI is InChI=1S/C21H32N4O5S2/c1-21(2,3)15-12-22-18(30-15)14-31-19-13-23-20(32-19)24-16(27)8-6-4-5-7-9-17(28)25-29-11-10-26/h12-13,26H,4-11,14H2,1-3H3,(H,25,28)(H,23,24,27). The predicted molar refractivity (Wildman–Crippen MR) is 124 cm³/mol. The third kappa shape index (κ3) is 10.1. The number of nitrogens with one attached hydrogen (secondary N) is 2. The number of aromatic nitrogens is 2. The highest BCUT2D eigenvalue weighted by molar-refractivity contribution is 8.00. The second-order valence-corrected chi connectivity index (χ2v) is 10.5. The largest absolute Gasteiger partial charge is 0.444 e. The highest BCUT2D eigenvalue weighted by Gasteiger charge is 2.19. The number of carbonyl (C=O) groups excluding carboxylic acids is 2. The van der Waals surface area contributed by atoms with Crippen LogP contribution < -0.4 is 10.8 Å². The monoisotopic (exact) mass is 484 g/mol. The zero-order valence-corrected chi connectivity index (χ0v) is 20.4. The van der Waals surface area contributed by atoms with Crippen LogP contribution in [-0.2, 0) is 25.6 Å². The number of anilines is 1. The first-order chi connectivity index (χ1) is 15.3. The number of nitrogens with zero attached hydrogens (tertiary/aromatic N) is 2. The van der Waals surface area contributed by atoms with Crippen molar-refractivity contribution in [1.29, 1.82) is 0 Å². The lowest BCUT2D eigenvalue weighted by molar-refractivity contribution is -0.134. The van der Waals surface area contributed by atoms with Crippen molar-refractivity contribution in [2.24, 2.45) is 0 Å². The van der Waals surface area contributed by atoms with Crippen molar-refractivity contribution in [3.63, 3.8) is 0 Å². The fourth-order valence-electron chi connectivity index (χ4n) is 2.58. The molecule has 2 amide bonds. The van der Waals surface area contributed by atoms with Crippen molar-refractivity contribution < 1.29 is 24.0 Å². The maximum Gasteiger partial charge on any atom is 0.243 e. The molecule has 0 aliphatic heterocycles. The van der Waals surface area contributed by atoms with Crippen molar-refractivity contribution in [3.05, 3.63) is 24.0 Å². The third-order valence-corrected chi connectivity index (χ3v) is 6.39. The summed E-state index contributed by atoms with van der Waals surface area (Å²) in [5, 5.41) is 12.0. The van der Waals surface area contributed by atoms with Crippen molar-refractivity contribution >= 4 is 40.0 Å². The minimum Gasteiger partial charge on any atom is -0.444 e.